The van der Waals surface area contributed by atoms with E-state index in [9.17, 15) is 14.4 Å². The molecule has 3 rings (SSSR count). The lowest BCUT2D eigenvalue weighted by Gasteiger charge is -2.28. The van der Waals surface area contributed by atoms with Crippen LogP contribution in [0.25, 0.3) is 11.1 Å². The average Bonchev–Trinajstić information content (AvgIpc) is 3.15. The molecule has 0 saturated heterocycles. The summed E-state index contributed by atoms with van der Waals surface area (Å²) in [4.78, 5) is 37.8. The molecule has 7 heteroatoms. The molecular formula is C27H34N2O5. The van der Waals surface area contributed by atoms with Crippen LogP contribution in [-0.2, 0) is 14.3 Å². The third-order valence-corrected chi connectivity index (χ3v) is 6.59. The van der Waals surface area contributed by atoms with Gasteiger partial charge in [0.05, 0.1) is 5.92 Å². The summed E-state index contributed by atoms with van der Waals surface area (Å²) in [5.74, 6) is -1.35. The zero-order valence-corrected chi connectivity index (χ0v) is 20.1. The lowest BCUT2D eigenvalue weighted by molar-refractivity contribution is -0.137. The van der Waals surface area contributed by atoms with Gasteiger partial charge in [-0.3, -0.25) is 9.59 Å². The fourth-order valence-electron chi connectivity index (χ4n) is 4.46. The molecule has 1 aliphatic rings. The first-order valence-corrected chi connectivity index (χ1v) is 12.0. The van der Waals surface area contributed by atoms with E-state index in [1.165, 1.54) is 11.1 Å². The number of rotatable bonds is 11. The second-order valence-electron chi connectivity index (χ2n) is 8.82. The van der Waals surface area contributed by atoms with E-state index in [1.807, 2.05) is 31.2 Å². The van der Waals surface area contributed by atoms with Crippen molar-refractivity contribution in [1.29, 1.82) is 0 Å². The second-order valence-corrected chi connectivity index (χ2v) is 8.82. The van der Waals surface area contributed by atoms with Gasteiger partial charge < -0.3 is 20.1 Å². The number of carbonyl (C=O) groups excluding carboxylic acids is 2. The Bertz CT molecular complexity index is 976. The maximum atomic E-state index is 12.9. The molecule has 182 valence electrons. The number of benzene rings is 2. The van der Waals surface area contributed by atoms with Gasteiger partial charge in [0.2, 0.25) is 5.91 Å². The van der Waals surface area contributed by atoms with Crippen LogP contribution in [0.1, 0.15) is 57.1 Å². The normalized spacial score (nSPS) is 14.0. The summed E-state index contributed by atoms with van der Waals surface area (Å²) in [5.41, 5.74) is 4.63. The van der Waals surface area contributed by atoms with Crippen molar-refractivity contribution in [1.82, 2.24) is 10.2 Å². The number of aliphatic carboxylic acids is 1. The third kappa shape index (κ3) is 5.95. The Hall–Kier alpha value is -3.35. The van der Waals surface area contributed by atoms with Crippen LogP contribution in [0, 0.1) is 5.92 Å². The fraction of sp³-hybridized carbons (Fsp3) is 0.444. The molecule has 0 radical (unpaired) electrons. The van der Waals surface area contributed by atoms with Gasteiger partial charge in [-0.15, -0.1) is 0 Å². The van der Waals surface area contributed by atoms with Crippen LogP contribution in [0.5, 0.6) is 0 Å². The average molecular weight is 467 g/mol. The first-order valence-electron chi connectivity index (χ1n) is 12.0. The van der Waals surface area contributed by atoms with Crippen molar-refractivity contribution in [2.75, 3.05) is 19.7 Å². The number of nitrogens with zero attached hydrogens (tertiary/aromatic N) is 1. The Morgan fingerprint density at radius 2 is 1.59 bits per heavy atom. The number of alkyl carbamates (subject to hydrolysis) is 1. The smallest absolute Gasteiger partial charge is 0.407 e. The summed E-state index contributed by atoms with van der Waals surface area (Å²) in [5, 5.41) is 11.6. The summed E-state index contributed by atoms with van der Waals surface area (Å²) in [6, 6.07) is 15.9. The Morgan fingerprint density at radius 3 is 2.15 bits per heavy atom. The molecule has 0 aliphatic heterocycles. The van der Waals surface area contributed by atoms with Gasteiger partial charge in [-0.1, -0.05) is 55.5 Å². The van der Waals surface area contributed by atoms with Crippen molar-refractivity contribution in [2.45, 2.75) is 52.0 Å². The summed E-state index contributed by atoms with van der Waals surface area (Å²) in [6.07, 6.45) is 0.716. The number of carboxylic acid groups (broad SMARTS) is 1. The number of carbonyl (C=O) groups is 3. The molecule has 0 spiro atoms. The highest BCUT2D eigenvalue weighted by Crippen LogP contribution is 2.44. The predicted octanol–water partition coefficient (Wildman–Crippen LogP) is 4.65. The van der Waals surface area contributed by atoms with E-state index >= 15 is 0 Å². The molecule has 2 amide bonds. The summed E-state index contributed by atoms with van der Waals surface area (Å²) in [7, 11) is 0. The van der Waals surface area contributed by atoms with Gasteiger partial charge in [-0.2, -0.15) is 0 Å². The Kier molecular flexibility index (Phi) is 8.68. The molecule has 7 nitrogen and oxygen atoms in total. The Morgan fingerprint density at radius 1 is 1.00 bits per heavy atom. The number of carboxylic acids is 1. The standard InChI is InChI=1S/C27H34N2O5/c1-4-29(16-10-9-15-25(30)31)26(32)18(2)19(3)28-27(33)34-17-24-22-13-7-5-11-20(22)21-12-6-8-14-23(21)24/h5-8,11-14,18-19,24H,4,9-10,15-17H2,1-3H3,(H,28,33)(H,30,31). The van der Waals surface area contributed by atoms with Gasteiger partial charge in [0, 0.05) is 31.5 Å². The largest absolute Gasteiger partial charge is 0.481 e. The molecular weight excluding hydrogens is 432 g/mol. The molecule has 2 aromatic rings. The number of ether oxygens (including phenoxy) is 1. The van der Waals surface area contributed by atoms with Crippen LogP contribution >= 0.6 is 0 Å². The van der Waals surface area contributed by atoms with E-state index in [0.29, 0.717) is 25.9 Å². The third-order valence-electron chi connectivity index (χ3n) is 6.59. The maximum Gasteiger partial charge on any atom is 0.407 e. The fourth-order valence-corrected chi connectivity index (χ4v) is 4.46. The lowest BCUT2D eigenvalue weighted by atomic mass is 9.98. The maximum absolute atomic E-state index is 12.9. The van der Waals surface area contributed by atoms with Crippen molar-refractivity contribution < 1.29 is 24.2 Å². The van der Waals surface area contributed by atoms with Gasteiger partial charge in [0.15, 0.2) is 0 Å². The molecule has 0 saturated carbocycles. The topological polar surface area (TPSA) is 95.9 Å². The van der Waals surface area contributed by atoms with E-state index in [2.05, 4.69) is 29.6 Å². The highest BCUT2D eigenvalue weighted by Gasteiger charge is 2.30. The second kappa shape index (κ2) is 11.7. The first-order chi connectivity index (χ1) is 16.3. The Labute approximate surface area is 201 Å². The van der Waals surface area contributed by atoms with E-state index < -0.39 is 24.0 Å². The number of amides is 2. The quantitative estimate of drug-likeness (QED) is 0.470. The van der Waals surface area contributed by atoms with Crippen molar-refractivity contribution in [3.05, 3.63) is 59.7 Å². The first kappa shape index (κ1) is 25.3. The van der Waals surface area contributed by atoms with E-state index in [-0.39, 0.29) is 24.9 Å². The minimum atomic E-state index is -0.830. The summed E-state index contributed by atoms with van der Waals surface area (Å²) in [6.45, 7) is 6.74. The van der Waals surface area contributed by atoms with E-state index in [0.717, 1.165) is 11.1 Å². The van der Waals surface area contributed by atoms with E-state index in [1.54, 1.807) is 18.7 Å². The van der Waals surface area contributed by atoms with Crippen molar-refractivity contribution >= 4 is 18.0 Å². The van der Waals surface area contributed by atoms with E-state index in [4.69, 9.17) is 9.84 Å². The molecule has 0 heterocycles. The van der Waals surface area contributed by atoms with Gasteiger partial charge in [-0.25, -0.2) is 4.79 Å². The molecule has 2 atom stereocenters. The zero-order chi connectivity index (χ0) is 24.7. The minimum absolute atomic E-state index is 0.0195. The Balaban J connectivity index is 1.52. The minimum Gasteiger partial charge on any atom is -0.481 e. The number of hydrogen-bond acceptors (Lipinski definition) is 4. The van der Waals surface area contributed by atoms with Crippen molar-refractivity contribution in [3.8, 4) is 11.1 Å². The van der Waals surface area contributed by atoms with Crippen LogP contribution in [0.2, 0.25) is 0 Å². The predicted molar refractivity (Wildman–Crippen MR) is 131 cm³/mol. The highest BCUT2D eigenvalue weighted by molar-refractivity contribution is 5.81. The molecule has 34 heavy (non-hydrogen) atoms. The molecule has 2 unspecified atom stereocenters. The van der Waals surface area contributed by atoms with Crippen LogP contribution in [-0.4, -0.2) is 53.7 Å². The number of nitrogens with one attached hydrogen (secondary N) is 1. The zero-order valence-electron chi connectivity index (χ0n) is 20.1. The van der Waals surface area contributed by atoms with Gasteiger partial charge in [0.25, 0.3) is 0 Å². The SMILES string of the molecule is CCN(CCCCC(=O)O)C(=O)C(C)C(C)NC(=O)OCC1c2ccccc2-c2ccccc21. The lowest BCUT2D eigenvalue weighted by Crippen LogP contribution is -2.46. The number of hydrogen-bond donors (Lipinski definition) is 2. The summed E-state index contributed by atoms with van der Waals surface area (Å²) >= 11 is 0. The molecule has 2 N–H and O–H groups in total. The van der Waals surface area contributed by atoms with Crippen molar-refractivity contribution in [3.63, 3.8) is 0 Å². The monoisotopic (exact) mass is 466 g/mol. The van der Waals surface area contributed by atoms with Crippen LogP contribution in [0.4, 0.5) is 4.79 Å². The van der Waals surface area contributed by atoms with Crippen molar-refractivity contribution in [2.24, 2.45) is 5.92 Å². The van der Waals surface area contributed by atoms with Gasteiger partial charge >= 0.3 is 12.1 Å². The number of fused-ring (bicyclic) bond motifs is 3. The molecule has 0 fully saturated rings. The summed E-state index contributed by atoms with van der Waals surface area (Å²) < 4.78 is 5.60. The molecule has 1 aliphatic carbocycles. The molecule has 0 bridgehead atoms. The number of unbranched alkanes of at least 4 members (excludes halogenated alkanes) is 1. The van der Waals surface area contributed by atoms with Crippen LogP contribution in [0.15, 0.2) is 48.5 Å². The van der Waals surface area contributed by atoms with Crippen LogP contribution in [0.3, 0.4) is 0 Å². The van der Waals surface area contributed by atoms with Gasteiger partial charge in [0.1, 0.15) is 6.61 Å². The van der Waals surface area contributed by atoms with Gasteiger partial charge in [-0.05, 0) is 48.9 Å². The highest BCUT2D eigenvalue weighted by atomic mass is 16.5. The molecule has 0 aromatic heterocycles. The van der Waals surface area contributed by atoms with Crippen LogP contribution < -0.4 is 5.32 Å². The molecule has 2 aromatic carbocycles.